The Balaban J connectivity index is 1.26. The molecular formula is C32H36N2O4. The van der Waals surface area contributed by atoms with Crippen molar-refractivity contribution in [1.29, 1.82) is 0 Å². The molecule has 1 aliphatic carbocycles. The van der Waals surface area contributed by atoms with Gasteiger partial charge in [-0.1, -0.05) is 73.9 Å². The highest BCUT2D eigenvalue weighted by Crippen LogP contribution is 2.28. The van der Waals surface area contributed by atoms with Crippen molar-refractivity contribution in [1.82, 2.24) is 10.2 Å². The molecule has 3 aromatic rings. The molecule has 1 unspecified atom stereocenters. The van der Waals surface area contributed by atoms with Gasteiger partial charge < -0.3 is 20.1 Å². The first-order chi connectivity index (χ1) is 18.6. The van der Waals surface area contributed by atoms with E-state index in [0.717, 1.165) is 60.0 Å². The van der Waals surface area contributed by atoms with Crippen LogP contribution in [0.3, 0.4) is 0 Å². The molecule has 1 aliphatic heterocycles. The fraction of sp³-hybridized carbons (Fsp3) is 0.375. The van der Waals surface area contributed by atoms with Gasteiger partial charge in [0.05, 0.1) is 5.56 Å². The second kappa shape index (κ2) is 12.3. The van der Waals surface area contributed by atoms with Crippen LogP contribution in [-0.4, -0.2) is 54.2 Å². The lowest BCUT2D eigenvalue weighted by atomic mass is 9.88. The summed E-state index contributed by atoms with van der Waals surface area (Å²) in [6.45, 7) is 2.59. The molecule has 0 bridgehead atoms. The third kappa shape index (κ3) is 6.43. The van der Waals surface area contributed by atoms with Gasteiger partial charge in [0.1, 0.15) is 12.4 Å². The van der Waals surface area contributed by atoms with E-state index < -0.39 is 5.97 Å². The number of fused-ring (bicyclic) bond motifs is 1. The average molecular weight is 513 g/mol. The number of rotatable bonds is 9. The number of hydrogen-bond acceptors (Lipinski definition) is 4. The number of benzene rings is 3. The Morgan fingerprint density at radius 3 is 2.50 bits per heavy atom. The van der Waals surface area contributed by atoms with Crippen LogP contribution in [0.25, 0.3) is 16.8 Å². The maximum absolute atomic E-state index is 13.0. The van der Waals surface area contributed by atoms with Gasteiger partial charge in [0.15, 0.2) is 0 Å². The van der Waals surface area contributed by atoms with Crippen LogP contribution >= 0.6 is 0 Å². The molecule has 198 valence electrons. The van der Waals surface area contributed by atoms with Gasteiger partial charge in [-0.3, -0.25) is 4.79 Å². The fourth-order valence-corrected chi connectivity index (χ4v) is 5.60. The van der Waals surface area contributed by atoms with Crippen LogP contribution in [0.2, 0.25) is 0 Å². The maximum atomic E-state index is 13.0. The lowest BCUT2D eigenvalue weighted by Gasteiger charge is -2.26. The molecular weight excluding hydrogens is 476 g/mol. The monoisotopic (exact) mass is 512 g/mol. The molecule has 1 heterocycles. The van der Waals surface area contributed by atoms with Crippen molar-refractivity contribution in [2.75, 3.05) is 26.2 Å². The number of nitrogens with zero attached hydrogens (tertiary/aromatic N) is 1. The van der Waals surface area contributed by atoms with Gasteiger partial charge in [-0.15, -0.1) is 0 Å². The number of ether oxygens (including phenoxy) is 1. The van der Waals surface area contributed by atoms with Gasteiger partial charge in [-0.25, -0.2) is 4.79 Å². The number of carboxylic acid groups (broad SMARTS) is 1. The standard InChI is InChI=1S/C32H36N2O4/c35-31(26-8-2-1-3-9-26)34-18-17-28(21-34)33-20-24(19-23-13-15-27(16-14-23)32(36)37)22-38-30-12-6-10-25-7-4-5-11-29(25)30/h4-7,10-16,19,26,28,33H,1-3,8-9,17-18,20-22H2,(H,36,37). The smallest absolute Gasteiger partial charge is 0.335 e. The van der Waals surface area contributed by atoms with Crippen molar-refractivity contribution in [2.24, 2.45) is 5.92 Å². The van der Waals surface area contributed by atoms with Crippen LogP contribution in [0.1, 0.15) is 54.4 Å². The number of aromatic carboxylic acids is 1. The van der Waals surface area contributed by atoms with Crippen LogP contribution in [0, 0.1) is 5.92 Å². The Labute approximate surface area is 224 Å². The molecule has 3 aromatic carbocycles. The Hall–Kier alpha value is -3.64. The summed E-state index contributed by atoms with van der Waals surface area (Å²) in [6.07, 6.45) is 8.67. The van der Waals surface area contributed by atoms with Crippen LogP contribution in [0.5, 0.6) is 5.75 Å². The number of carboxylic acids is 1. The number of amides is 1. The molecule has 1 saturated carbocycles. The van der Waals surface area contributed by atoms with E-state index in [1.165, 1.54) is 19.3 Å². The third-order valence-corrected chi connectivity index (χ3v) is 7.76. The first-order valence-corrected chi connectivity index (χ1v) is 13.7. The molecule has 1 atom stereocenters. The summed E-state index contributed by atoms with van der Waals surface area (Å²) in [6, 6.07) is 21.4. The normalized spacial score (nSPS) is 18.6. The molecule has 5 rings (SSSR count). The molecule has 0 aromatic heterocycles. The van der Waals surface area contributed by atoms with Gasteiger partial charge in [-0.2, -0.15) is 0 Å². The summed E-state index contributed by atoms with van der Waals surface area (Å²) >= 11 is 0. The molecule has 2 aliphatic rings. The minimum Gasteiger partial charge on any atom is -0.489 e. The van der Waals surface area contributed by atoms with E-state index in [1.54, 1.807) is 12.1 Å². The minimum absolute atomic E-state index is 0.209. The highest BCUT2D eigenvalue weighted by atomic mass is 16.5. The topological polar surface area (TPSA) is 78.9 Å². The number of likely N-dealkylation sites (tertiary alicyclic amines) is 1. The van der Waals surface area contributed by atoms with Gasteiger partial charge >= 0.3 is 5.97 Å². The predicted molar refractivity (Wildman–Crippen MR) is 150 cm³/mol. The fourth-order valence-electron chi connectivity index (χ4n) is 5.60. The van der Waals surface area contributed by atoms with E-state index in [0.29, 0.717) is 19.1 Å². The summed E-state index contributed by atoms with van der Waals surface area (Å²) in [5, 5.41) is 15.1. The molecule has 2 fully saturated rings. The van der Waals surface area contributed by atoms with Crippen LogP contribution in [-0.2, 0) is 4.79 Å². The number of nitrogens with one attached hydrogen (secondary N) is 1. The SMILES string of the molecule is O=C(O)c1ccc(C=C(CNC2CCN(C(=O)C3CCCCC3)C2)COc2cccc3ccccc23)cc1. The Morgan fingerprint density at radius 2 is 1.71 bits per heavy atom. The molecule has 38 heavy (non-hydrogen) atoms. The molecule has 6 heteroatoms. The van der Waals surface area contributed by atoms with Crippen molar-refractivity contribution in [3.8, 4) is 5.75 Å². The lowest BCUT2D eigenvalue weighted by Crippen LogP contribution is -2.39. The summed E-state index contributed by atoms with van der Waals surface area (Å²) in [7, 11) is 0. The van der Waals surface area contributed by atoms with E-state index in [1.807, 2.05) is 41.3 Å². The summed E-state index contributed by atoms with van der Waals surface area (Å²) in [5.41, 5.74) is 2.24. The maximum Gasteiger partial charge on any atom is 0.335 e. The van der Waals surface area contributed by atoms with Gasteiger partial charge in [-0.05, 0) is 54.0 Å². The van der Waals surface area contributed by atoms with Crippen molar-refractivity contribution < 1.29 is 19.4 Å². The van der Waals surface area contributed by atoms with Gasteiger partial charge in [0.25, 0.3) is 0 Å². The van der Waals surface area contributed by atoms with Crippen LogP contribution in [0.15, 0.2) is 72.3 Å². The predicted octanol–water partition coefficient (Wildman–Crippen LogP) is 5.77. The zero-order valence-corrected chi connectivity index (χ0v) is 21.8. The molecule has 0 radical (unpaired) electrons. The molecule has 0 spiro atoms. The van der Waals surface area contributed by atoms with E-state index in [-0.39, 0.29) is 17.5 Å². The highest BCUT2D eigenvalue weighted by molar-refractivity contribution is 5.88. The van der Waals surface area contributed by atoms with Crippen molar-refractivity contribution >= 4 is 28.7 Å². The van der Waals surface area contributed by atoms with Crippen molar-refractivity contribution in [3.63, 3.8) is 0 Å². The summed E-state index contributed by atoms with van der Waals surface area (Å²) in [4.78, 5) is 26.3. The molecule has 2 N–H and O–H groups in total. The molecule has 1 amide bonds. The first kappa shape index (κ1) is 26.0. The lowest BCUT2D eigenvalue weighted by molar-refractivity contribution is -0.135. The second-order valence-corrected chi connectivity index (χ2v) is 10.5. The molecule has 6 nitrogen and oxygen atoms in total. The summed E-state index contributed by atoms with van der Waals surface area (Å²) in [5.74, 6) is 0.444. The van der Waals surface area contributed by atoms with Gasteiger partial charge in [0.2, 0.25) is 5.91 Å². The van der Waals surface area contributed by atoms with Crippen LogP contribution < -0.4 is 10.1 Å². The third-order valence-electron chi connectivity index (χ3n) is 7.76. The zero-order chi connectivity index (χ0) is 26.3. The number of hydrogen-bond donors (Lipinski definition) is 2. The van der Waals surface area contributed by atoms with Crippen molar-refractivity contribution in [3.05, 3.63) is 83.4 Å². The Morgan fingerprint density at radius 1 is 0.947 bits per heavy atom. The zero-order valence-electron chi connectivity index (χ0n) is 21.8. The quantitative estimate of drug-likeness (QED) is 0.381. The number of carbonyl (C=O) groups excluding carboxylic acids is 1. The largest absolute Gasteiger partial charge is 0.489 e. The summed E-state index contributed by atoms with van der Waals surface area (Å²) < 4.78 is 6.30. The second-order valence-electron chi connectivity index (χ2n) is 10.5. The first-order valence-electron chi connectivity index (χ1n) is 13.7. The van der Waals surface area contributed by atoms with E-state index >= 15 is 0 Å². The average Bonchev–Trinajstić information content (AvgIpc) is 3.44. The van der Waals surface area contributed by atoms with E-state index in [4.69, 9.17) is 4.74 Å². The highest BCUT2D eigenvalue weighted by Gasteiger charge is 2.31. The van der Waals surface area contributed by atoms with Crippen molar-refractivity contribution in [2.45, 2.75) is 44.6 Å². The van der Waals surface area contributed by atoms with Crippen LogP contribution in [0.4, 0.5) is 0 Å². The Kier molecular flexibility index (Phi) is 8.39. The minimum atomic E-state index is -0.935. The number of carbonyl (C=O) groups is 2. The Bertz CT molecular complexity index is 1290. The molecule has 1 saturated heterocycles. The van der Waals surface area contributed by atoms with Gasteiger partial charge in [0, 0.05) is 37.0 Å². The van der Waals surface area contributed by atoms with E-state index in [9.17, 15) is 14.7 Å². The van der Waals surface area contributed by atoms with E-state index in [2.05, 4.69) is 29.6 Å².